The predicted octanol–water partition coefficient (Wildman–Crippen LogP) is 3.04. The fourth-order valence-electron chi connectivity index (χ4n) is 3.12. The number of fused-ring (bicyclic) bond motifs is 1. The van der Waals surface area contributed by atoms with Crippen molar-refractivity contribution < 1.29 is 19.1 Å². The number of benzene rings is 1. The zero-order valence-electron chi connectivity index (χ0n) is 15.1. The summed E-state index contributed by atoms with van der Waals surface area (Å²) in [6.45, 7) is 3.10. The maximum Gasteiger partial charge on any atom is 0.326 e. The summed E-state index contributed by atoms with van der Waals surface area (Å²) < 4.78 is 5.21. The molecule has 0 bridgehead atoms. The number of rotatable bonds is 6. The van der Waals surface area contributed by atoms with Crippen molar-refractivity contribution >= 4 is 40.4 Å². The van der Waals surface area contributed by atoms with E-state index in [2.05, 4.69) is 10.3 Å². The minimum Gasteiger partial charge on any atom is -0.459 e. The van der Waals surface area contributed by atoms with E-state index in [1.807, 2.05) is 38.1 Å². The van der Waals surface area contributed by atoms with Crippen LogP contribution in [0, 0.1) is 0 Å². The van der Waals surface area contributed by atoms with E-state index in [1.165, 1.54) is 0 Å². The Balaban J connectivity index is 1.66. The number of ether oxygens (including phenoxy) is 1. The molecule has 0 radical (unpaired) electrons. The van der Waals surface area contributed by atoms with Crippen molar-refractivity contribution in [2.24, 2.45) is 0 Å². The second-order valence-electron chi connectivity index (χ2n) is 6.40. The first-order chi connectivity index (χ1) is 12.9. The third-order valence-corrected chi connectivity index (χ3v) is 5.21. The van der Waals surface area contributed by atoms with Crippen LogP contribution >= 0.6 is 11.6 Å². The molecule has 1 saturated heterocycles. The number of pyridine rings is 1. The maximum atomic E-state index is 12.5. The van der Waals surface area contributed by atoms with E-state index in [-0.39, 0.29) is 11.8 Å². The lowest BCUT2D eigenvalue weighted by atomic mass is 9.93. The molecule has 27 heavy (non-hydrogen) atoms. The molecule has 1 aromatic carbocycles. The number of hydrogen-bond donors (Lipinski definition) is 1. The van der Waals surface area contributed by atoms with Crippen molar-refractivity contribution in [2.75, 3.05) is 6.54 Å². The Kier molecular flexibility index (Phi) is 5.32. The van der Waals surface area contributed by atoms with Crippen LogP contribution in [0.3, 0.4) is 0 Å². The van der Waals surface area contributed by atoms with Gasteiger partial charge in [0.05, 0.1) is 5.52 Å². The van der Waals surface area contributed by atoms with Gasteiger partial charge in [-0.2, -0.15) is 0 Å². The Hall–Kier alpha value is -2.67. The van der Waals surface area contributed by atoms with E-state index < -0.39 is 30.0 Å². The highest BCUT2D eigenvalue weighted by molar-refractivity contribution is 6.30. The molecule has 142 valence electrons. The van der Waals surface area contributed by atoms with E-state index >= 15 is 0 Å². The largest absolute Gasteiger partial charge is 0.459 e. The van der Waals surface area contributed by atoms with Crippen molar-refractivity contribution in [1.29, 1.82) is 0 Å². The summed E-state index contributed by atoms with van der Waals surface area (Å²) in [5.41, 5.74) is 0.355. The Morgan fingerprint density at radius 3 is 2.63 bits per heavy atom. The monoisotopic (exact) mass is 389 g/mol. The number of hydrogen-bond acceptors (Lipinski definition) is 5. The smallest absolute Gasteiger partial charge is 0.326 e. The summed E-state index contributed by atoms with van der Waals surface area (Å²) in [6, 6.07) is 8.67. The number of nitrogens with one attached hydrogen (secondary N) is 1. The molecule has 3 amide bonds. The van der Waals surface area contributed by atoms with E-state index in [1.54, 1.807) is 6.07 Å². The first kappa shape index (κ1) is 19.1. The number of halogens is 1. The number of carbonyl (C=O) groups excluding carboxylic acids is 3. The highest BCUT2D eigenvalue weighted by atomic mass is 35.5. The number of nitrogens with zero attached hydrogens (tertiary/aromatic N) is 2. The Morgan fingerprint density at radius 1 is 1.26 bits per heavy atom. The van der Waals surface area contributed by atoms with Crippen molar-refractivity contribution in [3.8, 4) is 0 Å². The second kappa shape index (κ2) is 7.52. The fourth-order valence-corrected chi connectivity index (χ4v) is 3.32. The predicted molar refractivity (Wildman–Crippen MR) is 100 cm³/mol. The summed E-state index contributed by atoms with van der Waals surface area (Å²) in [5.74, 6) is -1.09. The molecule has 0 saturated carbocycles. The van der Waals surface area contributed by atoms with Crippen LogP contribution < -0.4 is 5.32 Å². The quantitative estimate of drug-likeness (QED) is 0.466. The molecule has 1 aliphatic rings. The summed E-state index contributed by atoms with van der Waals surface area (Å²) in [4.78, 5) is 41.9. The van der Waals surface area contributed by atoms with Gasteiger partial charge >= 0.3 is 12.0 Å². The number of carbonyl (C=O) groups is 3. The first-order valence-electron chi connectivity index (χ1n) is 8.74. The van der Waals surface area contributed by atoms with Gasteiger partial charge in [-0.25, -0.2) is 9.78 Å². The van der Waals surface area contributed by atoms with Crippen molar-refractivity contribution in [3.63, 3.8) is 0 Å². The maximum absolute atomic E-state index is 12.5. The summed E-state index contributed by atoms with van der Waals surface area (Å²) in [6.07, 6.45) is 0.913. The van der Waals surface area contributed by atoms with Gasteiger partial charge in [-0.1, -0.05) is 43.6 Å². The fraction of sp³-hybridized carbons (Fsp3) is 0.368. The molecule has 8 heteroatoms. The molecule has 7 nitrogen and oxygen atoms in total. The highest BCUT2D eigenvalue weighted by Crippen LogP contribution is 2.25. The summed E-state index contributed by atoms with van der Waals surface area (Å²) in [5, 5.41) is 3.79. The van der Waals surface area contributed by atoms with Gasteiger partial charge in [0.2, 0.25) is 0 Å². The van der Waals surface area contributed by atoms with Crippen molar-refractivity contribution in [2.45, 2.75) is 38.8 Å². The van der Waals surface area contributed by atoms with Gasteiger partial charge in [0.1, 0.15) is 23.8 Å². The number of esters is 1. The normalized spacial score (nSPS) is 15.9. The lowest BCUT2D eigenvalue weighted by Crippen LogP contribution is -2.46. The van der Waals surface area contributed by atoms with Crippen LogP contribution in [0.4, 0.5) is 4.79 Å². The molecule has 0 spiro atoms. The Bertz CT molecular complexity index is 911. The third kappa shape index (κ3) is 3.60. The molecular formula is C19H20ClN3O4. The number of urea groups is 1. The van der Waals surface area contributed by atoms with E-state index in [0.29, 0.717) is 18.4 Å². The van der Waals surface area contributed by atoms with E-state index in [4.69, 9.17) is 16.3 Å². The molecule has 1 aromatic heterocycles. The molecular weight excluding hydrogens is 370 g/mol. The molecule has 1 aliphatic heterocycles. The third-order valence-electron chi connectivity index (χ3n) is 4.88. The van der Waals surface area contributed by atoms with Crippen LogP contribution in [0.25, 0.3) is 10.9 Å². The van der Waals surface area contributed by atoms with Gasteiger partial charge in [-0.3, -0.25) is 14.5 Å². The minimum atomic E-state index is -0.942. The zero-order valence-corrected chi connectivity index (χ0v) is 15.9. The van der Waals surface area contributed by atoms with Crippen LogP contribution in [0.1, 0.15) is 32.3 Å². The number of imide groups is 1. The Morgan fingerprint density at radius 2 is 1.96 bits per heavy atom. The molecule has 1 fully saturated rings. The van der Waals surface area contributed by atoms with E-state index in [9.17, 15) is 14.4 Å². The van der Waals surface area contributed by atoms with Crippen molar-refractivity contribution in [3.05, 3.63) is 41.0 Å². The lowest BCUT2D eigenvalue weighted by Gasteiger charge is -2.22. The summed E-state index contributed by atoms with van der Waals surface area (Å²) >= 11 is 6.15. The lowest BCUT2D eigenvalue weighted by molar-refractivity contribution is -0.148. The topological polar surface area (TPSA) is 88.6 Å². The molecule has 2 aromatic rings. The van der Waals surface area contributed by atoms with Gasteiger partial charge in [0, 0.05) is 10.9 Å². The van der Waals surface area contributed by atoms with Gasteiger partial charge in [-0.15, -0.1) is 0 Å². The average molecular weight is 390 g/mol. The molecule has 1 N–H and O–H groups in total. The van der Waals surface area contributed by atoms with Crippen LogP contribution in [0.5, 0.6) is 0 Å². The molecule has 0 aliphatic carbocycles. The van der Waals surface area contributed by atoms with Crippen LogP contribution in [-0.2, 0) is 20.9 Å². The van der Waals surface area contributed by atoms with Crippen LogP contribution in [0.15, 0.2) is 30.3 Å². The van der Waals surface area contributed by atoms with Crippen LogP contribution in [0.2, 0.25) is 5.15 Å². The van der Waals surface area contributed by atoms with Gasteiger partial charge in [-0.05, 0) is 25.0 Å². The first-order valence-corrected chi connectivity index (χ1v) is 9.12. The van der Waals surface area contributed by atoms with E-state index in [0.717, 1.165) is 15.8 Å². The van der Waals surface area contributed by atoms with Crippen LogP contribution in [-0.4, -0.2) is 39.9 Å². The minimum absolute atomic E-state index is 0.0914. The number of aromatic nitrogens is 1. The van der Waals surface area contributed by atoms with Gasteiger partial charge in [0.15, 0.2) is 0 Å². The van der Waals surface area contributed by atoms with Gasteiger partial charge in [0.25, 0.3) is 5.91 Å². The molecule has 0 atom stereocenters. The number of para-hydroxylation sites is 1. The highest BCUT2D eigenvalue weighted by Gasteiger charge is 2.49. The molecule has 0 unspecified atom stereocenters. The summed E-state index contributed by atoms with van der Waals surface area (Å²) in [7, 11) is 0. The van der Waals surface area contributed by atoms with Crippen molar-refractivity contribution in [1.82, 2.24) is 15.2 Å². The zero-order chi connectivity index (χ0) is 19.6. The molecule has 2 heterocycles. The Labute approximate surface area is 161 Å². The van der Waals surface area contributed by atoms with Gasteiger partial charge < -0.3 is 10.1 Å². The standard InChI is InChI=1S/C19H20ClN3O4/c1-3-19(4-2)17(25)23(18(26)22-19)10-15(24)27-11-13-9-12-7-5-6-8-14(12)21-16(13)20/h5-9H,3-4,10-11H2,1-2H3,(H,22,26). The SMILES string of the molecule is CCC1(CC)NC(=O)N(CC(=O)OCc2cc3ccccc3nc2Cl)C1=O. The number of amides is 3. The second-order valence-corrected chi connectivity index (χ2v) is 6.76. The average Bonchev–Trinajstić information content (AvgIpc) is 2.91. The molecule has 3 rings (SSSR count).